The van der Waals surface area contributed by atoms with Crippen LogP contribution in [-0.4, -0.2) is 28.3 Å². The summed E-state index contributed by atoms with van der Waals surface area (Å²) >= 11 is 0. The quantitative estimate of drug-likeness (QED) is 0.727. The Kier molecular flexibility index (Phi) is 5.66. The maximum absolute atomic E-state index is 12.9. The van der Waals surface area contributed by atoms with Gasteiger partial charge < -0.3 is 4.57 Å². The molecule has 0 radical (unpaired) electrons. The lowest BCUT2D eigenvalue weighted by molar-refractivity contribution is 0.0928. The van der Waals surface area contributed by atoms with Crippen LogP contribution in [0.2, 0.25) is 0 Å². The highest BCUT2D eigenvalue weighted by molar-refractivity contribution is 5.99. The maximum atomic E-state index is 12.9. The number of hydrogen-bond acceptors (Lipinski definition) is 2. The molecule has 0 fully saturated rings. The van der Waals surface area contributed by atoms with Crippen LogP contribution in [0.1, 0.15) is 55.0 Å². The third-order valence-electron chi connectivity index (χ3n) is 4.47. The van der Waals surface area contributed by atoms with E-state index in [0.717, 1.165) is 30.0 Å². The third-order valence-corrected chi connectivity index (χ3v) is 4.47. The van der Waals surface area contributed by atoms with Crippen LogP contribution in [0, 0.1) is 13.8 Å². The van der Waals surface area contributed by atoms with Gasteiger partial charge in [-0.05, 0) is 52.8 Å². The summed E-state index contributed by atoms with van der Waals surface area (Å²) in [7, 11) is 0. The number of Topliss-reactive ketones (excluding diaryl/α,β-unsaturated/α-hetero) is 1. The molecule has 0 unspecified atom stereocenters. The van der Waals surface area contributed by atoms with Gasteiger partial charge in [0.1, 0.15) is 0 Å². The predicted molar refractivity (Wildman–Crippen MR) is 101 cm³/mol. The van der Waals surface area contributed by atoms with Crippen LogP contribution in [0.5, 0.6) is 0 Å². The Morgan fingerprint density at radius 3 is 2.25 bits per heavy atom. The number of carbonyl (C=O) groups is 1. The van der Waals surface area contributed by atoms with Crippen molar-refractivity contribution < 1.29 is 4.79 Å². The molecule has 24 heavy (non-hydrogen) atoms. The fourth-order valence-corrected chi connectivity index (χ4v) is 3.49. The van der Waals surface area contributed by atoms with Gasteiger partial charge in [-0.1, -0.05) is 37.3 Å². The zero-order chi connectivity index (χ0) is 17.9. The van der Waals surface area contributed by atoms with Crippen LogP contribution in [0.3, 0.4) is 0 Å². The molecular weight excluding hydrogens is 296 g/mol. The van der Waals surface area contributed by atoms with Crippen molar-refractivity contribution in [3.63, 3.8) is 0 Å². The molecule has 0 amide bonds. The summed E-state index contributed by atoms with van der Waals surface area (Å²) in [6.45, 7) is 14.9. The molecule has 0 aliphatic carbocycles. The average Bonchev–Trinajstić information content (AvgIpc) is 2.82. The van der Waals surface area contributed by atoms with Crippen molar-refractivity contribution in [2.75, 3.05) is 13.1 Å². The molecule has 3 nitrogen and oxygen atoms in total. The van der Waals surface area contributed by atoms with Crippen LogP contribution in [0.15, 0.2) is 36.4 Å². The molecule has 0 aliphatic heterocycles. The lowest BCUT2D eigenvalue weighted by Crippen LogP contribution is -2.30. The van der Waals surface area contributed by atoms with Crippen molar-refractivity contribution in [3.05, 3.63) is 58.9 Å². The molecule has 0 atom stereocenters. The van der Waals surface area contributed by atoms with E-state index in [1.54, 1.807) is 0 Å². The molecule has 2 rings (SSSR count). The molecule has 1 aromatic carbocycles. The van der Waals surface area contributed by atoms with Crippen molar-refractivity contribution in [2.24, 2.45) is 0 Å². The summed E-state index contributed by atoms with van der Waals surface area (Å²) < 4.78 is 2.26. The van der Waals surface area contributed by atoms with Crippen molar-refractivity contribution in [2.45, 2.75) is 53.6 Å². The fraction of sp³-hybridized carbons (Fsp3) is 0.476. The SMILES string of the molecule is CCN(CC(=O)c1cc(C)n(C(C)(C)C)c1C)Cc1ccccc1. The molecule has 1 heterocycles. The van der Waals surface area contributed by atoms with Crippen LogP contribution in [0.25, 0.3) is 0 Å². The van der Waals surface area contributed by atoms with Crippen molar-refractivity contribution in [3.8, 4) is 0 Å². The molecule has 130 valence electrons. The van der Waals surface area contributed by atoms with E-state index in [0.29, 0.717) is 6.54 Å². The second-order valence-electron chi connectivity index (χ2n) is 7.50. The number of ketones is 1. The molecule has 0 N–H and O–H groups in total. The Hall–Kier alpha value is -1.87. The van der Waals surface area contributed by atoms with Gasteiger partial charge in [0.25, 0.3) is 0 Å². The first-order valence-electron chi connectivity index (χ1n) is 8.73. The van der Waals surface area contributed by atoms with E-state index in [9.17, 15) is 4.79 Å². The first-order chi connectivity index (χ1) is 11.2. The number of nitrogens with zero attached hydrogens (tertiary/aromatic N) is 2. The molecule has 1 aromatic heterocycles. The van der Waals surface area contributed by atoms with Crippen molar-refractivity contribution in [1.29, 1.82) is 0 Å². The van der Waals surface area contributed by atoms with Gasteiger partial charge in [-0.15, -0.1) is 0 Å². The summed E-state index contributed by atoms with van der Waals surface area (Å²) in [6, 6.07) is 12.4. The summed E-state index contributed by atoms with van der Waals surface area (Å²) in [5.41, 5.74) is 4.30. The molecule has 0 bridgehead atoms. The van der Waals surface area contributed by atoms with Crippen LogP contribution in [-0.2, 0) is 12.1 Å². The maximum Gasteiger partial charge on any atom is 0.178 e. The molecule has 2 aromatic rings. The summed E-state index contributed by atoms with van der Waals surface area (Å²) in [5, 5.41) is 0. The van der Waals surface area contributed by atoms with Crippen molar-refractivity contribution >= 4 is 5.78 Å². The number of aromatic nitrogens is 1. The summed E-state index contributed by atoms with van der Waals surface area (Å²) in [6.07, 6.45) is 0. The molecule has 3 heteroatoms. The first kappa shape index (κ1) is 18.5. The Morgan fingerprint density at radius 1 is 1.12 bits per heavy atom. The Balaban J connectivity index is 2.17. The van der Waals surface area contributed by atoms with Gasteiger partial charge in [-0.25, -0.2) is 0 Å². The van der Waals surface area contributed by atoms with Crippen LogP contribution < -0.4 is 0 Å². The van der Waals surface area contributed by atoms with E-state index >= 15 is 0 Å². The van der Waals surface area contributed by atoms with Gasteiger partial charge in [0.15, 0.2) is 5.78 Å². The van der Waals surface area contributed by atoms with Crippen LogP contribution in [0.4, 0.5) is 0 Å². The monoisotopic (exact) mass is 326 g/mol. The highest BCUT2D eigenvalue weighted by Gasteiger charge is 2.23. The van der Waals surface area contributed by atoms with E-state index in [4.69, 9.17) is 0 Å². The van der Waals surface area contributed by atoms with E-state index < -0.39 is 0 Å². The minimum atomic E-state index is -0.0127. The third kappa shape index (κ3) is 4.15. The smallest absolute Gasteiger partial charge is 0.178 e. The average molecular weight is 326 g/mol. The summed E-state index contributed by atoms with van der Waals surface area (Å²) in [5.74, 6) is 0.205. The Bertz CT molecular complexity index is 693. The molecule has 0 saturated carbocycles. The molecule has 0 aliphatic rings. The second kappa shape index (κ2) is 7.35. The molecule has 0 saturated heterocycles. The standard InChI is InChI=1S/C21H30N2O/c1-7-22(14-18-11-9-8-10-12-18)15-20(24)19-13-16(2)23(17(19)3)21(4,5)6/h8-13H,7,14-15H2,1-6H3. The summed E-state index contributed by atoms with van der Waals surface area (Å²) in [4.78, 5) is 15.1. The zero-order valence-electron chi connectivity index (χ0n) is 15.9. The normalized spacial score (nSPS) is 12.0. The lowest BCUT2D eigenvalue weighted by Gasteiger charge is -2.26. The minimum Gasteiger partial charge on any atom is -0.343 e. The van der Waals surface area contributed by atoms with Gasteiger partial charge in [0.2, 0.25) is 0 Å². The number of hydrogen-bond donors (Lipinski definition) is 0. The number of carbonyl (C=O) groups excluding carboxylic acids is 1. The van der Waals surface area contributed by atoms with Gasteiger partial charge in [-0.2, -0.15) is 0 Å². The van der Waals surface area contributed by atoms with Gasteiger partial charge in [-0.3, -0.25) is 9.69 Å². The van der Waals surface area contributed by atoms with Crippen molar-refractivity contribution in [1.82, 2.24) is 9.47 Å². The largest absolute Gasteiger partial charge is 0.343 e. The first-order valence-corrected chi connectivity index (χ1v) is 8.73. The number of benzene rings is 1. The second-order valence-corrected chi connectivity index (χ2v) is 7.50. The van der Waals surface area contributed by atoms with Gasteiger partial charge in [0, 0.05) is 29.0 Å². The van der Waals surface area contributed by atoms with E-state index in [2.05, 4.69) is 63.1 Å². The number of rotatable bonds is 6. The topological polar surface area (TPSA) is 25.2 Å². The number of aryl methyl sites for hydroxylation is 1. The van der Waals surface area contributed by atoms with E-state index in [1.165, 1.54) is 5.56 Å². The fourth-order valence-electron chi connectivity index (χ4n) is 3.49. The highest BCUT2D eigenvalue weighted by atomic mass is 16.1. The Morgan fingerprint density at radius 2 is 1.75 bits per heavy atom. The van der Waals surface area contributed by atoms with E-state index in [1.807, 2.05) is 24.3 Å². The predicted octanol–water partition coefficient (Wildman–Crippen LogP) is 4.56. The zero-order valence-corrected chi connectivity index (χ0v) is 15.9. The van der Waals surface area contributed by atoms with Gasteiger partial charge in [0.05, 0.1) is 6.54 Å². The molecule has 0 spiro atoms. The number of likely N-dealkylation sites (N-methyl/N-ethyl adjacent to an activating group) is 1. The molecular formula is C21H30N2O. The minimum absolute atomic E-state index is 0.0127. The highest BCUT2D eigenvalue weighted by Crippen LogP contribution is 2.25. The Labute approximate surface area is 146 Å². The van der Waals surface area contributed by atoms with Crippen LogP contribution >= 0.6 is 0 Å². The van der Waals surface area contributed by atoms with Gasteiger partial charge >= 0.3 is 0 Å². The lowest BCUT2D eigenvalue weighted by atomic mass is 10.1. The van der Waals surface area contributed by atoms with E-state index in [-0.39, 0.29) is 11.3 Å².